The largest absolute Gasteiger partial charge is 0.487 e. The van der Waals surface area contributed by atoms with Gasteiger partial charge in [-0.25, -0.2) is 4.79 Å². The molecule has 1 atom stereocenters. The fourth-order valence-electron chi connectivity index (χ4n) is 4.55. The van der Waals surface area contributed by atoms with Crippen molar-refractivity contribution in [2.24, 2.45) is 4.99 Å². The molecule has 2 heterocycles. The quantitative estimate of drug-likeness (QED) is 0.451. The first-order valence-corrected chi connectivity index (χ1v) is 10.5. The highest BCUT2D eigenvalue weighted by Gasteiger charge is 2.43. The smallest absolute Gasteiger partial charge is 0.341 e. The van der Waals surface area contributed by atoms with Crippen LogP contribution in [-0.4, -0.2) is 31.7 Å². The predicted molar refractivity (Wildman–Crippen MR) is 114 cm³/mol. The number of furan rings is 1. The second-order valence-electron chi connectivity index (χ2n) is 8.03. The second kappa shape index (κ2) is 8.42. The number of ether oxygens (including phenoxy) is 2. The van der Waals surface area contributed by atoms with Crippen molar-refractivity contribution >= 4 is 11.9 Å². The molecular weight excluding hydrogens is 382 g/mol. The molecule has 1 aromatic carbocycles. The van der Waals surface area contributed by atoms with Crippen molar-refractivity contribution in [3.8, 4) is 5.75 Å². The van der Waals surface area contributed by atoms with Crippen molar-refractivity contribution in [3.63, 3.8) is 0 Å². The van der Waals surface area contributed by atoms with Crippen LogP contribution in [0.5, 0.6) is 5.75 Å². The summed E-state index contributed by atoms with van der Waals surface area (Å²) >= 11 is 0. The molecule has 1 unspecified atom stereocenters. The van der Waals surface area contributed by atoms with Gasteiger partial charge in [0.2, 0.25) is 0 Å². The number of carbonyl (C=O) groups is 1. The topological polar surface area (TPSA) is 85.1 Å². The van der Waals surface area contributed by atoms with Gasteiger partial charge in [-0.3, -0.25) is 4.99 Å². The van der Waals surface area contributed by atoms with Gasteiger partial charge in [0.25, 0.3) is 0 Å². The fraction of sp³-hybridized carbons (Fsp3) is 0.478. The summed E-state index contributed by atoms with van der Waals surface area (Å²) < 4.78 is 16.9. The molecule has 1 aliphatic carbocycles. The van der Waals surface area contributed by atoms with E-state index in [-0.39, 0.29) is 11.6 Å². The molecule has 1 saturated carbocycles. The van der Waals surface area contributed by atoms with Crippen LogP contribution in [-0.2, 0) is 11.3 Å². The lowest BCUT2D eigenvalue weighted by Gasteiger charge is -2.40. The first-order valence-electron chi connectivity index (χ1n) is 10.5. The van der Waals surface area contributed by atoms with E-state index in [9.17, 15) is 4.79 Å². The number of carbonyl (C=O) groups excluding carboxylic acids is 1. The predicted octanol–water partition coefficient (Wildman–Crippen LogP) is 3.88. The third-order valence-electron chi connectivity index (χ3n) is 6.05. The van der Waals surface area contributed by atoms with Gasteiger partial charge in [0, 0.05) is 19.0 Å². The molecule has 0 saturated heterocycles. The van der Waals surface area contributed by atoms with Crippen molar-refractivity contribution in [1.29, 1.82) is 0 Å². The van der Waals surface area contributed by atoms with Crippen LogP contribution in [0, 0.1) is 6.92 Å². The summed E-state index contributed by atoms with van der Waals surface area (Å²) in [5.41, 5.74) is 1.51. The van der Waals surface area contributed by atoms with Gasteiger partial charge in [0.15, 0.2) is 5.96 Å². The van der Waals surface area contributed by atoms with Gasteiger partial charge in [0.1, 0.15) is 28.4 Å². The monoisotopic (exact) mass is 411 g/mol. The Labute approximate surface area is 176 Å². The second-order valence-corrected chi connectivity index (χ2v) is 8.03. The molecular formula is C23H29N3O4. The van der Waals surface area contributed by atoms with E-state index in [0.717, 1.165) is 30.6 Å². The zero-order chi connectivity index (χ0) is 21.1. The minimum Gasteiger partial charge on any atom is -0.487 e. The Morgan fingerprint density at radius 3 is 2.80 bits per heavy atom. The number of hydrogen-bond acceptors (Lipinski definition) is 5. The average molecular weight is 412 g/mol. The summed E-state index contributed by atoms with van der Waals surface area (Å²) in [6.07, 6.45) is 5.52. The van der Waals surface area contributed by atoms with Crippen LogP contribution in [0.3, 0.4) is 0 Å². The average Bonchev–Trinajstić information content (AvgIpc) is 3.36. The molecule has 4 rings (SSSR count). The third kappa shape index (κ3) is 4.01. The molecule has 2 aliphatic rings. The maximum absolute atomic E-state index is 11.8. The number of fused-ring (bicyclic) bond motifs is 1. The molecule has 2 N–H and O–H groups in total. The van der Waals surface area contributed by atoms with E-state index in [0.29, 0.717) is 29.6 Å². The number of para-hydroxylation sites is 1. The molecule has 1 aromatic heterocycles. The molecule has 7 heteroatoms. The summed E-state index contributed by atoms with van der Waals surface area (Å²) in [6.45, 7) is 2.16. The number of benzene rings is 1. The van der Waals surface area contributed by atoms with Crippen LogP contribution in [0.4, 0.5) is 0 Å². The van der Waals surface area contributed by atoms with Crippen molar-refractivity contribution < 1.29 is 18.7 Å². The molecule has 0 radical (unpaired) electrons. The number of esters is 1. The highest BCUT2D eigenvalue weighted by molar-refractivity contribution is 5.90. The van der Waals surface area contributed by atoms with E-state index in [1.54, 1.807) is 20.0 Å². The SMILES string of the molecule is CN=C(NCc1cc(C(=O)OC)c(C)o1)NC1CC2(CCCC2)Oc2ccccc21. The number of nitrogens with one attached hydrogen (secondary N) is 2. The number of aliphatic imine (C=N–C) groups is 1. The summed E-state index contributed by atoms with van der Waals surface area (Å²) in [6, 6.07) is 10.1. The minimum absolute atomic E-state index is 0.0849. The van der Waals surface area contributed by atoms with Crippen LogP contribution in [0.15, 0.2) is 39.7 Å². The summed E-state index contributed by atoms with van der Waals surface area (Å²) in [7, 11) is 3.11. The highest BCUT2D eigenvalue weighted by Crippen LogP contribution is 2.46. The molecule has 160 valence electrons. The number of guanidine groups is 1. The molecule has 1 fully saturated rings. The van der Waals surface area contributed by atoms with E-state index in [4.69, 9.17) is 13.9 Å². The summed E-state index contributed by atoms with van der Waals surface area (Å²) in [4.78, 5) is 16.2. The Hall–Kier alpha value is -2.96. The van der Waals surface area contributed by atoms with Gasteiger partial charge in [-0.15, -0.1) is 0 Å². The van der Waals surface area contributed by atoms with Gasteiger partial charge in [-0.2, -0.15) is 0 Å². The highest BCUT2D eigenvalue weighted by atomic mass is 16.5. The summed E-state index contributed by atoms with van der Waals surface area (Å²) in [5.74, 6) is 2.44. The zero-order valence-electron chi connectivity index (χ0n) is 17.8. The van der Waals surface area contributed by atoms with Crippen LogP contribution < -0.4 is 15.4 Å². The van der Waals surface area contributed by atoms with E-state index in [2.05, 4.69) is 27.8 Å². The first-order chi connectivity index (χ1) is 14.5. The molecule has 1 aliphatic heterocycles. The van der Waals surface area contributed by atoms with Gasteiger partial charge in [-0.1, -0.05) is 18.2 Å². The molecule has 1 spiro atoms. The number of aryl methyl sites for hydroxylation is 1. The van der Waals surface area contributed by atoms with Gasteiger partial charge in [-0.05, 0) is 44.7 Å². The Balaban J connectivity index is 1.46. The van der Waals surface area contributed by atoms with E-state index < -0.39 is 5.97 Å². The zero-order valence-corrected chi connectivity index (χ0v) is 17.8. The van der Waals surface area contributed by atoms with Gasteiger partial charge < -0.3 is 24.5 Å². The van der Waals surface area contributed by atoms with E-state index in [1.807, 2.05) is 12.1 Å². The fourth-order valence-corrected chi connectivity index (χ4v) is 4.55. The maximum Gasteiger partial charge on any atom is 0.341 e. The van der Waals surface area contributed by atoms with Crippen LogP contribution in [0.1, 0.15) is 65.6 Å². The van der Waals surface area contributed by atoms with Crippen LogP contribution >= 0.6 is 0 Å². The third-order valence-corrected chi connectivity index (χ3v) is 6.05. The Morgan fingerprint density at radius 1 is 1.30 bits per heavy atom. The first kappa shape index (κ1) is 20.3. The molecule has 2 aromatic rings. The normalized spacial score (nSPS) is 19.8. The van der Waals surface area contributed by atoms with Crippen molar-refractivity contribution in [2.75, 3.05) is 14.2 Å². The Kier molecular flexibility index (Phi) is 5.70. The molecule has 0 bridgehead atoms. The van der Waals surface area contributed by atoms with Gasteiger partial charge >= 0.3 is 5.97 Å². The number of hydrogen-bond donors (Lipinski definition) is 2. The minimum atomic E-state index is -0.398. The van der Waals surface area contributed by atoms with Crippen LogP contribution in [0.2, 0.25) is 0 Å². The number of nitrogens with zero attached hydrogens (tertiary/aromatic N) is 1. The lowest BCUT2D eigenvalue weighted by molar-refractivity contribution is 0.0395. The van der Waals surface area contributed by atoms with Crippen molar-refractivity contribution in [1.82, 2.24) is 10.6 Å². The van der Waals surface area contributed by atoms with Crippen molar-refractivity contribution in [2.45, 2.75) is 57.2 Å². The Bertz CT molecular complexity index is 944. The number of rotatable bonds is 4. The van der Waals surface area contributed by atoms with Crippen molar-refractivity contribution in [3.05, 3.63) is 53.0 Å². The molecule has 0 amide bonds. The van der Waals surface area contributed by atoms with Gasteiger partial charge in [0.05, 0.1) is 19.7 Å². The lowest BCUT2D eigenvalue weighted by atomic mass is 9.86. The van der Waals surface area contributed by atoms with E-state index in [1.165, 1.54) is 20.0 Å². The summed E-state index contributed by atoms with van der Waals surface area (Å²) in [5, 5.41) is 6.86. The molecule has 30 heavy (non-hydrogen) atoms. The number of methoxy groups -OCH3 is 1. The Morgan fingerprint density at radius 2 is 2.07 bits per heavy atom. The van der Waals surface area contributed by atoms with E-state index >= 15 is 0 Å². The van der Waals surface area contributed by atoms with Crippen LogP contribution in [0.25, 0.3) is 0 Å². The molecule has 7 nitrogen and oxygen atoms in total. The lowest BCUT2D eigenvalue weighted by Crippen LogP contribution is -2.46. The standard InChI is InChI=1S/C23H29N3O4/c1-15-18(21(27)28-3)12-16(29-15)14-25-22(24-2)26-19-13-23(10-6-7-11-23)30-20-9-5-4-8-17(19)20/h4-5,8-9,12,19H,6-7,10-11,13-14H2,1-3H3,(H2,24,25,26). The maximum atomic E-state index is 11.8.